The second-order valence-electron chi connectivity index (χ2n) is 8.29. The summed E-state index contributed by atoms with van der Waals surface area (Å²) in [5.41, 5.74) is 1.71. The molecule has 8 heteroatoms. The summed E-state index contributed by atoms with van der Waals surface area (Å²) in [5, 5.41) is 6.77. The molecule has 1 N–H and O–H groups in total. The summed E-state index contributed by atoms with van der Waals surface area (Å²) in [7, 11) is 0. The molecule has 2 aliphatic rings. The first-order chi connectivity index (χ1) is 16.2. The third kappa shape index (κ3) is 4.69. The molecule has 3 aromatic rings. The minimum absolute atomic E-state index is 0.0345. The number of carbonyl (C=O) groups excluding carboxylic acids is 2. The number of carbonyl (C=O) groups is 2. The largest absolute Gasteiger partial charge is 0.454 e. The average Bonchev–Trinajstić information content (AvgIpc) is 3.62. The summed E-state index contributed by atoms with van der Waals surface area (Å²) in [5.74, 6) is 1.47. The van der Waals surface area contributed by atoms with E-state index in [0.29, 0.717) is 29.4 Å². The van der Waals surface area contributed by atoms with Crippen molar-refractivity contribution < 1.29 is 23.6 Å². The molecule has 0 atom stereocenters. The Morgan fingerprint density at radius 1 is 1.00 bits per heavy atom. The molecule has 170 valence electrons. The van der Waals surface area contributed by atoms with Gasteiger partial charge in [0.2, 0.25) is 6.79 Å². The lowest BCUT2D eigenvalue weighted by atomic mass is 10.1. The van der Waals surface area contributed by atoms with Gasteiger partial charge in [0.15, 0.2) is 23.0 Å². The van der Waals surface area contributed by atoms with Crippen molar-refractivity contribution in [3.63, 3.8) is 0 Å². The van der Waals surface area contributed by atoms with Crippen LogP contribution in [0.5, 0.6) is 11.5 Å². The van der Waals surface area contributed by atoms with Gasteiger partial charge in [-0.15, -0.1) is 0 Å². The Labute approximate surface area is 191 Å². The third-order valence-electron chi connectivity index (χ3n) is 6.05. The number of hydrogen-bond acceptors (Lipinski definition) is 6. The van der Waals surface area contributed by atoms with Gasteiger partial charge in [-0.05, 0) is 42.7 Å². The maximum Gasteiger partial charge on any atom is 0.273 e. The Kier molecular flexibility index (Phi) is 5.97. The molecular formula is C25H25N3O5. The summed E-state index contributed by atoms with van der Waals surface area (Å²) in [6, 6.07) is 16.5. The van der Waals surface area contributed by atoms with Crippen molar-refractivity contribution in [2.24, 2.45) is 0 Å². The molecule has 1 saturated carbocycles. The fourth-order valence-electron chi connectivity index (χ4n) is 4.32. The summed E-state index contributed by atoms with van der Waals surface area (Å²) in [4.78, 5) is 27.6. The van der Waals surface area contributed by atoms with Crippen molar-refractivity contribution in [2.45, 2.75) is 44.8 Å². The van der Waals surface area contributed by atoms with Gasteiger partial charge in [-0.1, -0.05) is 42.3 Å². The van der Waals surface area contributed by atoms with E-state index in [1.54, 1.807) is 6.07 Å². The first-order valence-corrected chi connectivity index (χ1v) is 11.2. The fraction of sp³-hybridized carbons (Fsp3) is 0.320. The normalized spacial score (nSPS) is 14.9. The van der Waals surface area contributed by atoms with Crippen LogP contribution in [-0.2, 0) is 13.1 Å². The number of fused-ring (bicyclic) bond motifs is 1. The molecule has 33 heavy (non-hydrogen) atoms. The predicted molar refractivity (Wildman–Crippen MR) is 119 cm³/mol. The van der Waals surface area contributed by atoms with E-state index in [2.05, 4.69) is 10.5 Å². The van der Waals surface area contributed by atoms with Crippen molar-refractivity contribution in [3.05, 3.63) is 77.2 Å². The smallest absolute Gasteiger partial charge is 0.273 e. The molecule has 1 fully saturated rings. The van der Waals surface area contributed by atoms with Crippen molar-refractivity contribution in [3.8, 4) is 11.5 Å². The van der Waals surface area contributed by atoms with E-state index in [0.717, 1.165) is 31.2 Å². The van der Waals surface area contributed by atoms with Crippen LogP contribution < -0.4 is 14.8 Å². The fourth-order valence-corrected chi connectivity index (χ4v) is 4.32. The van der Waals surface area contributed by atoms with Gasteiger partial charge in [0.1, 0.15) is 0 Å². The highest BCUT2D eigenvalue weighted by molar-refractivity contribution is 5.94. The SMILES string of the molecule is O=C(NCc1ccc2c(c1)OCO2)c1cc(CN(C(=O)c2ccccc2)C2CCCC2)on1. The van der Waals surface area contributed by atoms with Crippen LogP contribution in [-0.4, -0.2) is 34.7 Å². The van der Waals surface area contributed by atoms with E-state index in [1.807, 2.05) is 53.4 Å². The standard InChI is InChI=1S/C25H25N3O5/c29-24(26-14-17-10-11-22-23(12-17)32-16-31-22)21-13-20(33-27-21)15-28(19-8-4-5-9-19)25(30)18-6-2-1-3-7-18/h1-3,6-7,10-13,19H,4-5,8-9,14-16H2,(H,26,29). The van der Waals surface area contributed by atoms with Crippen LogP contribution in [0.3, 0.4) is 0 Å². The number of benzene rings is 2. The van der Waals surface area contributed by atoms with Gasteiger partial charge in [0.05, 0.1) is 6.54 Å². The Bertz CT molecular complexity index is 1140. The highest BCUT2D eigenvalue weighted by Crippen LogP contribution is 2.32. The van der Waals surface area contributed by atoms with Gasteiger partial charge >= 0.3 is 0 Å². The van der Waals surface area contributed by atoms with Crippen molar-refractivity contribution >= 4 is 11.8 Å². The number of rotatable bonds is 7. The third-order valence-corrected chi connectivity index (χ3v) is 6.05. The van der Waals surface area contributed by atoms with E-state index in [4.69, 9.17) is 14.0 Å². The molecule has 2 aromatic carbocycles. The topological polar surface area (TPSA) is 93.9 Å². The molecule has 2 amide bonds. The maximum atomic E-state index is 13.2. The second-order valence-corrected chi connectivity index (χ2v) is 8.29. The first kappa shape index (κ1) is 21.1. The quantitative estimate of drug-likeness (QED) is 0.590. The van der Waals surface area contributed by atoms with Crippen LogP contribution in [0.1, 0.15) is 57.9 Å². The number of nitrogens with one attached hydrogen (secondary N) is 1. The summed E-state index contributed by atoms with van der Waals surface area (Å²) in [6.45, 7) is 0.802. The minimum Gasteiger partial charge on any atom is -0.454 e. The van der Waals surface area contributed by atoms with Gasteiger partial charge < -0.3 is 24.2 Å². The van der Waals surface area contributed by atoms with Crippen LogP contribution in [0.4, 0.5) is 0 Å². The van der Waals surface area contributed by atoms with E-state index in [9.17, 15) is 9.59 Å². The number of aromatic nitrogens is 1. The Morgan fingerprint density at radius 2 is 1.79 bits per heavy atom. The molecule has 0 unspecified atom stereocenters. The molecule has 0 saturated heterocycles. The zero-order valence-corrected chi connectivity index (χ0v) is 18.2. The molecular weight excluding hydrogens is 422 g/mol. The lowest BCUT2D eigenvalue weighted by molar-refractivity contribution is 0.0643. The van der Waals surface area contributed by atoms with Crippen LogP contribution in [0.25, 0.3) is 0 Å². The molecule has 0 spiro atoms. The van der Waals surface area contributed by atoms with Gasteiger partial charge in [0.25, 0.3) is 11.8 Å². The average molecular weight is 447 g/mol. The monoisotopic (exact) mass is 447 g/mol. The molecule has 1 aliphatic heterocycles. The van der Waals surface area contributed by atoms with Crippen molar-refractivity contribution in [1.29, 1.82) is 0 Å². The summed E-state index contributed by atoms with van der Waals surface area (Å²) < 4.78 is 16.1. The Balaban J connectivity index is 1.24. The van der Waals surface area contributed by atoms with E-state index >= 15 is 0 Å². The predicted octanol–water partition coefficient (Wildman–Crippen LogP) is 3.92. The van der Waals surface area contributed by atoms with Gasteiger partial charge in [-0.25, -0.2) is 0 Å². The van der Waals surface area contributed by atoms with Crippen molar-refractivity contribution in [2.75, 3.05) is 6.79 Å². The zero-order chi connectivity index (χ0) is 22.6. The van der Waals surface area contributed by atoms with Gasteiger partial charge in [-0.2, -0.15) is 0 Å². The number of ether oxygens (including phenoxy) is 2. The maximum absolute atomic E-state index is 13.2. The second kappa shape index (κ2) is 9.36. The summed E-state index contributed by atoms with van der Waals surface area (Å²) >= 11 is 0. The minimum atomic E-state index is -0.343. The Morgan fingerprint density at radius 3 is 2.61 bits per heavy atom. The van der Waals surface area contributed by atoms with Crippen LogP contribution in [0, 0.1) is 0 Å². The molecule has 0 radical (unpaired) electrons. The highest BCUT2D eigenvalue weighted by atomic mass is 16.7. The molecule has 8 nitrogen and oxygen atoms in total. The number of hydrogen-bond donors (Lipinski definition) is 1. The first-order valence-electron chi connectivity index (χ1n) is 11.2. The van der Waals surface area contributed by atoms with E-state index in [1.165, 1.54) is 0 Å². The Hall–Kier alpha value is -3.81. The number of amides is 2. The lowest BCUT2D eigenvalue weighted by Crippen LogP contribution is -2.38. The van der Waals surface area contributed by atoms with E-state index < -0.39 is 0 Å². The molecule has 0 bridgehead atoms. The zero-order valence-electron chi connectivity index (χ0n) is 18.2. The van der Waals surface area contributed by atoms with Crippen LogP contribution >= 0.6 is 0 Å². The van der Waals surface area contributed by atoms with Crippen molar-refractivity contribution in [1.82, 2.24) is 15.4 Å². The van der Waals surface area contributed by atoms with E-state index in [-0.39, 0.29) is 36.9 Å². The van der Waals surface area contributed by atoms with Gasteiger partial charge in [0, 0.05) is 24.2 Å². The van der Waals surface area contributed by atoms with Crippen LogP contribution in [0.15, 0.2) is 59.1 Å². The molecule has 5 rings (SSSR count). The lowest BCUT2D eigenvalue weighted by Gasteiger charge is -2.28. The molecule has 2 heterocycles. The highest BCUT2D eigenvalue weighted by Gasteiger charge is 2.29. The molecule has 1 aromatic heterocycles. The van der Waals surface area contributed by atoms with Crippen LogP contribution in [0.2, 0.25) is 0 Å². The molecule has 1 aliphatic carbocycles. The number of nitrogens with zero attached hydrogens (tertiary/aromatic N) is 2. The summed E-state index contributed by atoms with van der Waals surface area (Å²) in [6.07, 6.45) is 4.14. The van der Waals surface area contributed by atoms with Gasteiger partial charge in [-0.3, -0.25) is 9.59 Å².